The lowest BCUT2D eigenvalue weighted by Crippen LogP contribution is -2.18. The van der Waals surface area contributed by atoms with E-state index < -0.39 is 11.8 Å². The fourth-order valence-electron chi connectivity index (χ4n) is 1.45. The van der Waals surface area contributed by atoms with E-state index >= 15 is 0 Å². The predicted octanol–water partition coefficient (Wildman–Crippen LogP) is 1.66. The molecule has 0 aliphatic heterocycles. The van der Waals surface area contributed by atoms with Crippen LogP contribution in [0.5, 0.6) is 5.75 Å². The molecule has 0 heterocycles. The topological polar surface area (TPSA) is 61.5 Å². The maximum atomic E-state index is 13.2. The van der Waals surface area contributed by atoms with Crippen LogP contribution in [-0.4, -0.2) is 25.2 Å². The van der Waals surface area contributed by atoms with Gasteiger partial charge in [0.1, 0.15) is 11.6 Å². The molecule has 0 saturated heterocycles. The summed E-state index contributed by atoms with van der Waals surface area (Å²) in [4.78, 5) is 11.3. The SMILES string of the molecule is CC(C)OC(=O)COc1cc(F)cc(CCN)c1. The average Bonchev–Trinajstić information content (AvgIpc) is 2.25. The third-order valence-corrected chi connectivity index (χ3v) is 2.09. The Kier molecular flexibility index (Phi) is 5.58. The van der Waals surface area contributed by atoms with Crippen molar-refractivity contribution in [3.8, 4) is 5.75 Å². The van der Waals surface area contributed by atoms with Crippen LogP contribution in [0, 0.1) is 5.82 Å². The number of halogens is 1. The molecule has 0 aromatic heterocycles. The van der Waals surface area contributed by atoms with Gasteiger partial charge in [0.2, 0.25) is 0 Å². The predicted molar refractivity (Wildman–Crippen MR) is 65.9 cm³/mol. The van der Waals surface area contributed by atoms with Crippen LogP contribution in [-0.2, 0) is 16.0 Å². The van der Waals surface area contributed by atoms with E-state index in [2.05, 4.69) is 0 Å². The number of hydrogen-bond donors (Lipinski definition) is 1. The number of carbonyl (C=O) groups excluding carboxylic acids is 1. The molecule has 1 aromatic carbocycles. The zero-order valence-corrected chi connectivity index (χ0v) is 10.6. The van der Waals surface area contributed by atoms with Gasteiger partial charge < -0.3 is 15.2 Å². The minimum Gasteiger partial charge on any atom is -0.482 e. The Morgan fingerprint density at radius 2 is 2.11 bits per heavy atom. The van der Waals surface area contributed by atoms with Gasteiger partial charge in [0.05, 0.1) is 6.10 Å². The van der Waals surface area contributed by atoms with E-state index in [0.717, 1.165) is 5.56 Å². The molecule has 4 nitrogen and oxygen atoms in total. The Hall–Kier alpha value is -1.62. The molecule has 2 N–H and O–H groups in total. The third-order valence-electron chi connectivity index (χ3n) is 2.09. The molecular weight excluding hydrogens is 237 g/mol. The van der Waals surface area contributed by atoms with Crippen molar-refractivity contribution in [3.05, 3.63) is 29.6 Å². The summed E-state index contributed by atoms with van der Waals surface area (Å²) in [5.41, 5.74) is 6.14. The first-order chi connectivity index (χ1) is 8.51. The Bertz CT molecular complexity index is 407. The van der Waals surface area contributed by atoms with Crippen LogP contribution in [0.1, 0.15) is 19.4 Å². The van der Waals surface area contributed by atoms with Crippen molar-refractivity contribution in [2.75, 3.05) is 13.2 Å². The zero-order valence-electron chi connectivity index (χ0n) is 10.6. The van der Waals surface area contributed by atoms with Crippen molar-refractivity contribution >= 4 is 5.97 Å². The molecule has 0 fully saturated rings. The van der Waals surface area contributed by atoms with E-state index in [0.29, 0.717) is 18.7 Å². The lowest BCUT2D eigenvalue weighted by Gasteiger charge is -2.10. The number of benzene rings is 1. The minimum atomic E-state index is -0.477. The maximum absolute atomic E-state index is 13.2. The van der Waals surface area contributed by atoms with Crippen molar-refractivity contribution in [2.45, 2.75) is 26.4 Å². The maximum Gasteiger partial charge on any atom is 0.344 e. The number of ether oxygens (including phenoxy) is 2. The first kappa shape index (κ1) is 14.4. The van der Waals surface area contributed by atoms with Crippen LogP contribution < -0.4 is 10.5 Å². The quantitative estimate of drug-likeness (QED) is 0.785. The average molecular weight is 255 g/mol. The standard InChI is InChI=1S/C13H18FNO3/c1-9(2)18-13(16)8-17-12-6-10(3-4-15)5-11(14)7-12/h5-7,9H,3-4,8,15H2,1-2H3. The Morgan fingerprint density at radius 1 is 1.39 bits per heavy atom. The number of rotatable bonds is 6. The highest BCUT2D eigenvalue weighted by atomic mass is 19.1. The summed E-state index contributed by atoms with van der Waals surface area (Å²) < 4.78 is 23.3. The van der Waals surface area contributed by atoms with Crippen LogP contribution in [0.3, 0.4) is 0 Å². The second kappa shape index (κ2) is 6.96. The molecule has 1 rings (SSSR count). The highest BCUT2D eigenvalue weighted by molar-refractivity contribution is 5.71. The highest BCUT2D eigenvalue weighted by Gasteiger charge is 2.08. The number of carbonyl (C=O) groups is 1. The lowest BCUT2D eigenvalue weighted by atomic mass is 10.1. The molecule has 18 heavy (non-hydrogen) atoms. The fourth-order valence-corrected chi connectivity index (χ4v) is 1.45. The zero-order chi connectivity index (χ0) is 13.5. The Labute approximate surface area is 106 Å². The summed E-state index contributed by atoms with van der Waals surface area (Å²) in [6.07, 6.45) is 0.367. The molecule has 0 amide bonds. The summed E-state index contributed by atoms with van der Waals surface area (Å²) in [5, 5.41) is 0. The van der Waals surface area contributed by atoms with Gasteiger partial charge >= 0.3 is 5.97 Å². The van der Waals surface area contributed by atoms with Crippen LogP contribution >= 0.6 is 0 Å². The van der Waals surface area contributed by atoms with Crippen LogP contribution in [0.4, 0.5) is 4.39 Å². The second-order valence-electron chi connectivity index (χ2n) is 4.16. The number of esters is 1. The monoisotopic (exact) mass is 255 g/mol. The largest absolute Gasteiger partial charge is 0.482 e. The molecule has 1 aromatic rings. The molecule has 0 bridgehead atoms. The van der Waals surface area contributed by atoms with E-state index in [4.69, 9.17) is 15.2 Å². The van der Waals surface area contributed by atoms with Gasteiger partial charge in [-0.05, 0) is 44.5 Å². The molecule has 100 valence electrons. The molecule has 0 unspecified atom stereocenters. The Balaban J connectivity index is 2.58. The fraction of sp³-hybridized carbons (Fsp3) is 0.462. The first-order valence-corrected chi connectivity index (χ1v) is 5.83. The van der Waals surface area contributed by atoms with Gasteiger partial charge in [0.25, 0.3) is 0 Å². The van der Waals surface area contributed by atoms with E-state index in [9.17, 15) is 9.18 Å². The van der Waals surface area contributed by atoms with Gasteiger partial charge in [-0.15, -0.1) is 0 Å². The minimum absolute atomic E-state index is 0.193. The summed E-state index contributed by atoms with van der Waals surface area (Å²) >= 11 is 0. The molecule has 0 saturated carbocycles. The molecule has 0 aliphatic carbocycles. The normalized spacial score (nSPS) is 10.5. The van der Waals surface area contributed by atoms with Gasteiger partial charge in [-0.1, -0.05) is 0 Å². The van der Waals surface area contributed by atoms with Crippen molar-refractivity contribution in [2.24, 2.45) is 5.73 Å². The van der Waals surface area contributed by atoms with Gasteiger partial charge in [-0.25, -0.2) is 9.18 Å². The van der Waals surface area contributed by atoms with Crippen molar-refractivity contribution < 1.29 is 18.7 Å². The summed E-state index contributed by atoms with van der Waals surface area (Å²) in [7, 11) is 0. The van der Waals surface area contributed by atoms with E-state index in [1.54, 1.807) is 19.9 Å². The third kappa shape index (κ3) is 5.14. The molecule has 0 radical (unpaired) electrons. The lowest BCUT2D eigenvalue weighted by molar-refractivity contribution is -0.149. The van der Waals surface area contributed by atoms with Crippen molar-refractivity contribution in [1.82, 2.24) is 0 Å². The first-order valence-electron chi connectivity index (χ1n) is 5.83. The second-order valence-corrected chi connectivity index (χ2v) is 4.16. The molecule has 0 aliphatic rings. The van der Waals surface area contributed by atoms with Crippen LogP contribution in [0.15, 0.2) is 18.2 Å². The Morgan fingerprint density at radius 3 is 2.72 bits per heavy atom. The van der Waals surface area contributed by atoms with Crippen molar-refractivity contribution in [1.29, 1.82) is 0 Å². The summed E-state index contributed by atoms with van der Waals surface area (Å²) in [6.45, 7) is 3.70. The molecule has 0 atom stereocenters. The molecule has 5 heteroatoms. The molecular formula is C13H18FNO3. The van der Waals surface area contributed by atoms with Gasteiger partial charge in [0.15, 0.2) is 6.61 Å². The van der Waals surface area contributed by atoms with Crippen LogP contribution in [0.25, 0.3) is 0 Å². The van der Waals surface area contributed by atoms with Gasteiger partial charge in [-0.3, -0.25) is 0 Å². The van der Waals surface area contributed by atoms with Gasteiger partial charge in [0, 0.05) is 6.07 Å². The van der Waals surface area contributed by atoms with E-state index in [-0.39, 0.29) is 12.7 Å². The van der Waals surface area contributed by atoms with E-state index in [1.165, 1.54) is 12.1 Å². The van der Waals surface area contributed by atoms with Crippen molar-refractivity contribution in [3.63, 3.8) is 0 Å². The highest BCUT2D eigenvalue weighted by Crippen LogP contribution is 2.16. The van der Waals surface area contributed by atoms with E-state index in [1.807, 2.05) is 0 Å². The number of hydrogen-bond acceptors (Lipinski definition) is 4. The smallest absolute Gasteiger partial charge is 0.344 e. The van der Waals surface area contributed by atoms with Gasteiger partial charge in [-0.2, -0.15) is 0 Å². The summed E-state index contributed by atoms with van der Waals surface area (Å²) in [5.74, 6) is -0.582. The number of nitrogens with two attached hydrogens (primary N) is 1. The summed E-state index contributed by atoms with van der Waals surface area (Å²) in [6, 6.07) is 4.29. The van der Waals surface area contributed by atoms with Crippen LogP contribution in [0.2, 0.25) is 0 Å². The molecule has 0 spiro atoms.